The molecule has 2 nitrogen and oxygen atoms in total. The van der Waals surface area contributed by atoms with Gasteiger partial charge in [-0.3, -0.25) is 0 Å². The van der Waals surface area contributed by atoms with Crippen LogP contribution in [0.4, 0.5) is 0 Å². The highest BCUT2D eigenvalue weighted by Gasteiger charge is 2.41. The summed E-state index contributed by atoms with van der Waals surface area (Å²) >= 11 is 1.85. The Bertz CT molecular complexity index is 2760. The number of benzene rings is 7. The van der Waals surface area contributed by atoms with Crippen LogP contribution in [0.25, 0.3) is 76.3 Å². The van der Waals surface area contributed by atoms with Gasteiger partial charge in [-0.25, -0.2) is 9.97 Å². The van der Waals surface area contributed by atoms with E-state index in [9.17, 15) is 0 Å². The van der Waals surface area contributed by atoms with E-state index >= 15 is 0 Å². The van der Waals surface area contributed by atoms with Gasteiger partial charge in [0.1, 0.15) is 0 Å². The molecule has 0 bridgehead atoms. The minimum Gasteiger partial charge on any atom is -0.228 e. The lowest BCUT2D eigenvalue weighted by molar-refractivity contribution is 0.714. The molecule has 1 aliphatic carbocycles. The second-order valence-electron chi connectivity index (χ2n) is 13.4. The zero-order valence-electron chi connectivity index (χ0n) is 28.0. The molecule has 51 heavy (non-hydrogen) atoms. The molecule has 3 heteroatoms. The Balaban J connectivity index is 1.23. The van der Waals surface area contributed by atoms with Crippen LogP contribution in [0.1, 0.15) is 23.6 Å². The maximum atomic E-state index is 5.35. The largest absolute Gasteiger partial charge is 0.228 e. The Morgan fingerprint density at radius 1 is 0.451 bits per heavy atom. The lowest BCUT2D eigenvalue weighted by Gasteiger charge is -2.28. The first-order valence-electron chi connectivity index (χ1n) is 17.4. The summed E-state index contributed by atoms with van der Waals surface area (Å²) in [7, 11) is 0. The number of fused-ring (bicyclic) bond motifs is 6. The molecule has 1 atom stereocenters. The first-order chi connectivity index (χ1) is 25.2. The van der Waals surface area contributed by atoms with E-state index in [0.29, 0.717) is 5.82 Å². The van der Waals surface area contributed by atoms with Crippen molar-refractivity contribution in [2.24, 2.45) is 0 Å². The second kappa shape index (κ2) is 11.7. The monoisotopic (exact) mass is 668 g/mol. The highest BCUT2D eigenvalue weighted by molar-refractivity contribution is 7.25. The summed E-state index contributed by atoms with van der Waals surface area (Å²) in [5, 5.41) is 2.58. The Morgan fingerprint density at radius 3 is 1.84 bits per heavy atom. The van der Waals surface area contributed by atoms with Crippen LogP contribution in [0.2, 0.25) is 0 Å². The summed E-state index contributed by atoms with van der Waals surface area (Å²) in [6.07, 6.45) is 0. The SMILES string of the molecule is CC1(c2ccccc2)c2ccccc2-c2c(-c3cc(-c4ccccc4-c4cccc5sc6ccccc6c45)nc(-c4ccccc4)n3)cccc21. The standard InChI is InChI=1S/C48H32N2S/c1-48(32-18-6-3-7-19-32)39-26-12-10-22-36(39)45-37(25-14-27-40(45)48)42-30-41(49-47(50-42)31-16-4-2-5-17-31)34-21-9-8-20-33(34)35-24-15-29-44-46(35)38-23-11-13-28-43(38)51-44/h2-30H,1H3. The van der Waals surface area contributed by atoms with E-state index in [2.05, 4.69) is 177 Å². The molecule has 0 fully saturated rings. The normalized spacial score (nSPS) is 14.8. The maximum absolute atomic E-state index is 5.35. The van der Waals surface area contributed by atoms with Gasteiger partial charge >= 0.3 is 0 Å². The predicted molar refractivity (Wildman–Crippen MR) is 214 cm³/mol. The van der Waals surface area contributed by atoms with Gasteiger partial charge in [-0.05, 0) is 64.1 Å². The molecule has 0 amide bonds. The summed E-state index contributed by atoms with van der Waals surface area (Å²) in [5.74, 6) is 0.715. The average Bonchev–Trinajstić information content (AvgIpc) is 3.72. The highest BCUT2D eigenvalue weighted by atomic mass is 32.1. The Labute approximate surface area is 301 Å². The first-order valence-corrected chi connectivity index (χ1v) is 18.2. The molecule has 7 aromatic carbocycles. The zero-order chi connectivity index (χ0) is 33.9. The van der Waals surface area contributed by atoms with Crippen molar-refractivity contribution in [3.05, 3.63) is 193 Å². The molecular formula is C48H32N2S. The molecule has 1 aliphatic rings. The van der Waals surface area contributed by atoms with Crippen LogP contribution in [-0.2, 0) is 5.41 Å². The lowest BCUT2D eigenvalue weighted by atomic mass is 9.74. The van der Waals surface area contributed by atoms with E-state index in [1.807, 2.05) is 17.4 Å². The van der Waals surface area contributed by atoms with Crippen molar-refractivity contribution >= 4 is 31.5 Å². The number of nitrogens with zero attached hydrogens (tertiary/aromatic N) is 2. The average molecular weight is 669 g/mol. The summed E-state index contributed by atoms with van der Waals surface area (Å²) in [6.45, 7) is 2.36. The summed E-state index contributed by atoms with van der Waals surface area (Å²) < 4.78 is 2.59. The van der Waals surface area contributed by atoms with E-state index < -0.39 is 0 Å². The number of aromatic nitrogens is 2. The molecule has 2 heterocycles. The van der Waals surface area contributed by atoms with Crippen molar-refractivity contribution in [1.29, 1.82) is 0 Å². The fraction of sp³-hybridized carbons (Fsp3) is 0.0417. The van der Waals surface area contributed by atoms with E-state index in [-0.39, 0.29) is 5.41 Å². The molecule has 10 rings (SSSR count). The van der Waals surface area contributed by atoms with Crippen molar-refractivity contribution in [3.63, 3.8) is 0 Å². The third kappa shape index (κ3) is 4.62. The van der Waals surface area contributed by atoms with Gasteiger partial charge in [-0.2, -0.15) is 0 Å². The van der Waals surface area contributed by atoms with Crippen molar-refractivity contribution < 1.29 is 0 Å². The van der Waals surface area contributed by atoms with E-state index in [0.717, 1.165) is 33.6 Å². The quantitative estimate of drug-likeness (QED) is 0.182. The molecule has 0 saturated heterocycles. The minimum absolute atomic E-state index is 0.296. The topological polar surface area (TPSA) is 25.8 Å². The maximum Gasteiger partial charge on any atom is 0.160 e. The number of hydrogen-bond acceptors (Lipinski definition) is 3. The number of thiophene rings is 1. The van der Waals surface area contributed by atoms with Gasteiger partial charge in [0.25, 0.3) is 0 Å². The minimum atomic E-state index is -0.296. The Hall–Kier alpha value is -6.16. The van der Waals surface area contributed by atoms with Gasteiger partial charge in [0.05, 0.1) is 11.4 Å². The van der Waals surface area contributed by atoms with Crippen LogP contribution in [0.3, 0.4) is 0 Å². The van der Waals surface area contributed by atoms with Gasteiger partial charge in [0.15, 0.2) is 5.82 Å². The zero-order valence-corrected chi connectivity index (χ0v) is 28.9. The van der Waals surface area contributed by atoms with Crippen LogP contribution < -0.4 is 0 Å². The van der Waals surface area contributed by atoms with Gasteiger partial charge in [0.2, 0.25) is 0 Å². The molecule has 0 aliphatic heterocycles. The van der Waals surface area contributed by atoms with Gasteiger partial charge in [0, 0.05) is 42.3 Å². The third-order valence-corrected chi connectivity index (χ3v) is 11.8. The van der Waals surface area contributed by atoms with E-state index in [4.69, 9.17) is 9.97 Å². The van der Waals surface area contributed by atoms with E-state index in [1.165, 1.54) is 53.6 Å². The van der Waals surface area contributed by atoms with Crippen molar-refractivity contribution in [2.45, 2.75) is 12.3 Å². The van der Waals surface area contributed by atoms with Crippen molar-refractivity contribution in [3.8, 4) is 56.2 Å². The van der Waals surface area contributed by atoms with Gasteiger partial charge in [-0.1, -0.05) is 158 Å². The highest BCUT2D eigenvalue weighted by Crippen LogP contribution is 2.55. The molecule has 1 unspecified atom stereocenters. The van der Waals surface area contributed by atoms with Crippen LogP contribution in [0, 0.1) is 0 Å². The molecule has 0 spiro atoms. The molecular weight excluding hydrogens is 637 g/mol. The fourth-order valence-electron chi connectivity index (χ4n) is 8.22. The summed E-state index contributed by atoms with van der Waals surface area (Å²) in [5.41, 5.74) is 13.5. The molecule has 9 aromatic rings. The predicted octanol–water partition coefficient (Wildman–Crippen LogP) is 12.8. The van der Waals surface area contributed by atoms with E-state index in [1.54, 1.807) is 0 Å². The fourth-order valence-corrected chi connectivity index (χ4v) is 9.35. The molecule has 0 radical (unpaired) electrons. The molecule has 240 valence electrons. The Kier molecular flexibility index (Phi) is 6.83. The van der Waals surface area contributed by atoms with Crippen molar-refractivity contribution in [2.75, 3.05) is 0 Å². The third-order valence-electron chi connectivity index (χ3n) is 10.6. The van der Waals surface area contributed by atoms with Gasteiger partial charge < -0.3 is 0 Å². The van der Waals surface area contributed by atoms with Crippen LogP contribution in [0.5, 0.6) is 0 Å². The second-order valence-corrected chi connectivity index (χ2v) is 14.5. The first kappa shape index (κ1) is 29.7. The van der Waals surface area contributed by atoms with Crippen LogP contribution in [-0.4, -0.2) is 9.97 Å². The van der Waals surface area contributed by atoms with Gasteiger partial charge in [-0.15, -0.1) is 11.3 Å². The van der Waals surface area contributed by atoms with Crippen LogP contribution >= 0.6 is 11.3 Å². The molecule has 0 saturated carbocycles. The molecule has 2 aromatic heterocycles. The smallest absolute Gasteiger partial charge is 0.160 e. The number of rotatable bonds is 5. The number of hydrogen-bond donors (Lipinski definition) is 0. The Morgan fingerprint density at radius 2 is 1.02 bits per heavy atom. The molecule has 0 N–H and O–H groups in total. The lowest BCUT2D eigenvalue weighted by Crippen LogP contribution is -2.22. The van der Waals surface area contributed by atoms with Crippen molar-refractivity contribution in [1.82, 2.24) is 9.97 Å². The van der Waals surface area contributed by atoms with Crippen LogP contribution in [0.15, 0.2) is 176 Å². The summed E-state index contributed by atoms with van der Waals surface area (Å²) in [6, 6.07) is 63.2. The summed E-state index contributed by atoms with van der Waals surface area (Å²) in [4.78, 5) is 10.7.